The second-order valence-electron chi connectivity index (χ2n) is 38.2. The number of hydrogen-bond donors (Lipinski definition) is 4. The van der Waals surface area contributed by atoms with Crippen molar-refractivity contribution in [3.8, 4) is 77.9 Å². The number of thiophene rings is 2. The Hall–Kier alpha value is -13.6. The summed E-state index contributed by atoms with van der Waals surface area (Å²) in [4.78, 5) is 0. The van der Waals surface area contributed by atoms with Crippen molar-refractivity contribution in [1.29, 1.82) is 0 Å². The van der Waals surface area contributed by atoms with Crippen LogP contribution < -0.4 is 21.3 Å². The van der Waals surface area contributed by atoms with E-state index in [1.165, 1.54) is 191 Å². The maximum absolute atomic E-state index is 3.73. The number of hydrogen-bond acceptors (Lipinski definition) is 6. The molecule has 17 aromatic carbocycles. The van der Waals surface area contributed by atoms with Gasteiger partial charge in [-0.2, -0.15) is 0 Å². The summed E-state index contributed by atoms with van der Waals surface area (Å²) in [5.74, 6) is 0. The molecule has 2 heterocycles. The van der Waals surface area contributed by atoms with Gasteiger partial charge in [0.05, 0.1) is 0 Å². The molecule has 0 spiro atoms. The summed E-state index contributed by atoms with van der Waals surface area (Å²) in [6.45, 7) is 27.9. The number of rotatable bonds is 9. The monoisotopic (exact) mass is 1660 g/mol. The Bertz CT molecular complexity index is 7560. The molecule has 0 unspecified atom stereocenters. The Morgan fingerprint density at radius 3 is 0.897 bits per heavy atom. The third-order valence-electron chi connectivity index (χ3n) is 28.6. The quantitative estimate of drug-likeness (QED) is 0.116. The second-order valence-corrected chi connectivity index (χ2v) is 40.4. The van der Waals surface area contributed by atoms with Crippen LogP contribution in [0, 0.1) is 0 Å². The van der Waals surface area contributed by atoms with Crippen LogP contribution >= 0.6 is 22.7 Å². The minimum absolute atomic E-state index is 0.0180. The average Bonchev–Trinajstić information content (AvgIpc) is 1.60. The molecule has 126 heavy (non-hydrogen) atoms. The van der Waals surface area contributed by atoms with Gasteiger partial charge in [0.15, 0.2) is 0 Å². The van der Waals surface area contributed by atoms with E-state index in [1.54, 1.807) is 0 Å². The molecule has 6 heteroatoms. The van der Waals surface area contributed by atoms with Crippen LogP contribution in [0.1, 0.15) is 150 Å². The van der Waals surface area contributed by atoms with Gasteiger partial charge in [0.25, 0.3) is 0 Å². The normalized spacial score (nSPS) is 15.0. The van der Waals surface area contributed by atoms with Gasteiger partial charge in [0.1, 0.15) is 0 Å². The molecule has 0 aliphatic heterocycles. The molecule has 6 aliphatic carbocycles. The molecule has 612 valence electrons. The molecule has 0 fully saturated rings. The van der Waals surface area contributed by atoms with Gasteiger partial charge < -0.3 is 21.3 Å². The summed E-state index contributed by atoms with van der Waals surface area (Å²) in [6, 6.07) is 133. The van der Waals surface area contributed by atoms with Crippen LogP contribution in [0.3, 0.4) is 0 Å². The van der Waals surface area contributed by atoms with Crippen molar-refractivity contribution in [2.24, 2.45) is 0 Å². The number of fused-ring (bicyclic) bond motifs is 24. The second kappa shape index (κ2) is 29.5. The van der Waals surface area contributed by atoms with E-state index in [1.807, 2.05) is 22.7 Å². The molecule has 25 rings (SSSR count). The molecule has 0 amide bonds. The average molecular weight is 1660 g/mol. The summed E-state index contributed by atoms with van der Waals surface area (Å²) in [5, 5.41) is 20.0. The molecule has 0 saturated carbocycles. The third-order valence-corrected chi connectivity index (χ3v) is 30.9. The first-order valence-corrected chi connectivity index (χ1v) is 46.0. The number of anilines is 8. The van der Waals surface area contributed by atoms with Gasteiger partial charge in [0, 0.05) is 118 Å². The zero-order valence-corrected chi connectivity index (χ0v) is 75.1. The molecule has 0 radical (unpaired) electrons. The van der Waals surface area contributed by atoms with Crippen LogP contribution in [0.2, 0.25) is 0 Å². The van der Waals surface area contributed by atoms with Gasteiger partial charge in [0.2, 0.25) is 0 Å². The molecule has 4 N–H and O–H groups in total. The van der Waals surface area contributed by atoms with Gasteiger partial charge in [-0.05, 0) is 260 Å². The largest absolute Gasteiger partial charge is 0.356 e. The van der Waals surface area contributed by atoms with Crippen molar-refractivity contribution in [3.63, 3.8) is 0 Å². The molecule has 2 aromatic heterocycles. The minimum atomic E-state index is 0.0180. The first-order valence-electron chi connectivity index (χ1n) is 44.4. The van der Waals surface area contributed by atoms with E-state index in [0.717, 1.165) is 39.8 Å². The van der Waals surface area contributed by atoms with Crippen molar-refractivity contribution < 1.29 is 0 Å². The smallest absolute Gasteiger partial charge is 0.0478 e. The molecule has 0 bridgehead atoms. The maximum Gasteiger partial charge on any atom is 0.0478 e. The van der Waals surface area contributed by atoms with E-state index in [9.17, 15) is 0 Å². The SMILES string of the molecule is CC1(C)c2ccccc2-c2cc(Nc3ccc(-c4ccc5c(c4)C(C)(C)c4ccccc4-5)cc3)ccc21.CC1(C)c2ccccc2-c2ccc(Nc3ccc4c(c3)C(C)(C)c3ccccc3-4)cc21.CC1(C)c2ccccc2-c2ccc(Nc3ccc4c(c3)sc3ccccc34)cc21.CC1(C)c2ccccc2-c2ccc(Nc3cccc4sc5ccccc5c34)cc21. The van der Waals surface area contributed by atoms with Gasteiger partial charge >= 0.3 is 0 Å². The summed E-state index contributed by atoms with van der Waals surface area (Å²) in [6.07, 6.45) is 0. The summed E-state index contributed by atoms with van der Waals surface area (Å²) in [7, 11) is 0. The van der Waals surface area contributed by atoms with Crippen LogP contribution in [-0.4, -0.2) is 0 Å². The summed E-state index contributed by atoms with van der Waals surface area (Å²) in [5.41, 5.74) is 45.0. The fourth-order valence-corrected chi connectivity index (χ4v) is 24.2. The highest BCUT2D eigenvalue weighted by molar-refractivity contribution is 7.26. The lowest BCUT2D eigenvalue weighted by Crippen LogP contribution is -2.15. The van der Waals surface area contributed by atoms with Crippen LogP contribution in [0.5, 0.6) is 0 Å². The fourth-order valence-electron chi connectivity index (χ4n) is 21.9. The molecule has 19 aromatic rings. The first kappa shape index (κ1) is 78.4. The van der Waals surface area contributed by atoms with Crippen LogP contribution in [0.4, 0.5) is 45.5 Å². The van der Waals surface area contributed by atoms with E-state index in [0.29, 0.717) is 0 Å². The lowest BCUT2D eigenvalue weighted by atomic mass is 9.81. The van der Waals surface area contributed by atoms with Crippen molar-refractivity contribution in [2.75, 3.05) is 21.3 Å². The minimum Gasteiger partial charge on any atom is -0.356 e. The highest BCUT2D eigenvalue weighted by atomic mass is 32.1. The lowest BCUT2D eigenvalue weighted by Gasteiger charge is -2.23. The van der Waals surface area contributed by atoms with Gasteiger partial charge in [-0.1, -0.05) is 332 Å². The summed E-state index contributed by atoms with van der Waals surface area (Å²) >= 11 is 3.72. The van der Waals surface area contributed by atoms with Crippen molar-refractivity contribution >= 4 is 109 Å². The topological polar surface area (TPSA) is 48.1 Å². The Morgan fingerprint density at radius 2 is 0.444 bits per heavy atom. The van der Waals surface area contributed by atoms with Crippen molar-refractivity contribution in [1.82, 2.24) is 0 Å². The van der Waals surface area contributed by atoms with Crippen LogP contribution in [-0.2, 0) is 32.5 Å². The predicted molar refractivity (Wildman–Crippen MR) is 541 cm³/mol. The third kappa shape index (κ3) is 12.8. The molecular formula is C120H100N4S2. The first-order chi connectivity index (χ1) is 60.9. The summed E-state index contributed by atoms with van der Waals surface area (Å²) < 4.78 is 5.33. The van der Waals surface area contributed by atoms with Crippen LogP contribution in [0.15, 0.2) is 364 Å². The van der Waals surface area contributed by atoms with E-state index in [4.69, 9.17) is 0 Å². The van der Waals surface area contributed by atoms with Gasteiger partial charge in [-0.25, -0.2) is 0 Å². The van der Waals surface area contributed by atoms with E-state index in [-0.39, 0.29) is 32.5 Å². The highest BCUT2D eigenvalue weighted by Crippen LogP contribution is 2.57. The maximum atomic E-state index is 3.73. The highest BCUT2D eigenvalue weighted by Gasteiger charge is 2.41. The Kier molecular flexibility index (Phi) is 18.4. The Balaban J connectivity index is 0.0000000999. The Labute approximate surface area is 748 Å². The van der Waals surface area contributed by atoms with Crippen molar-refractivity contribution in [3.05, 3.63) is 431 Å². The molecule has 0 atom stereocenters. The van der Waals surface area contributed by atoms with Crippen LogP contribution in [0.25, 0.3) is 118 Å². The molecular weight excluding hydrogens is 1560 g/mol. The lowest BCUT2D eigenvalue weighted by molar-refractivity contribution is 0.660. The predicted octanol–water partition coefficient (Wildman–Crippen LogP) is 34.0. The zero-order valence-electron chi connectivity index (χ0n) is 73.5. The van der Waals surface area contributed by atoms with Gasteiger partial charge in [-0.3, -0.25) is 0 Å². The fraction of sp³-hybridized carbons (Fsp3) is 0.150. The standard InChI is InChI=1S/C36H31N.C30H27N.2C27H21NS/c1-35(2)32-12-8-6-10-28(32)30-22-26(18-20-33(30)35)37-25-16-13-23(14-17-25)24-15-19-29-27-9-5-7-11-31(27)36(3,4)34(29)21-24;1-29(2)25-11-7-5-9-21(25)23-15-13-19(17-27(23)29)31-20-14-16-24-22-10-6-8-12-26(22)30(3,4)28(24)18-20;1-27(2)21-10-5-3-8-18(21)19-15-14-17(16-22(19)27)28-23-11-7-13-25-26(23)20-9-4-6-12-24(20)29-25;1-27(2)23-9-5-3-7-19(23)20-13-11-17(15-24(20)27)28-18-12-14-22-21-8-4-6-10-25(21)29-26(22)16-18/h5-22,37H,1-4H3;5-18,31H,1-4H3;2*3-16,28H,1-2H3. The van der Waals surface area contributed by atoms with E-state index in [2.05, 4.69) is 468 Å². The van der Waals surface area contributed by atoms with Gasteiger partial charge in [-0.15, -0.1) is 22.7 Å². The van der Waals surface area contributed by atoms with E-state index < -0.39 is 0 Å². The zero-order chi connectivity index (χ0) is 85.9. The Morgan fingerprint density at radius 1 is 0.167 bits per heavy atom. The molecule has 4 nitrogen and oxygen atoms in total. The van der Waals surface area contributed by atoms with Crippen molar-refractivity contribution in [2.45, 2.75) is 116 Å². The molecule has 0 saturated heterocycles. The number of benzene rings is 17. The molecule has 6 aliphatic rings. The number of nitrogens with one attached hydrogen (secondary N) is 4. The van der Waals surface area contributed by atoms with E-state index >= 15 is 0 Å².